The number of ether oxygens (including phenoxy) is 1. The molecule has 2 aromatic carbocycles. The van der Waals surface area contributed by atoms with Gasteiger partial charge in [0.05, 0.1) is 22.2 Å². The third-order valence-electron chi connectivity index (χ3n) is 6.90. The second kappa shape index (κ2) is 13.7. The Hall–Kier alpha value is -2.24. The van der Waals surface area contributed by atoms with Crippen molar-refractivity contribution in [3.05, 3.63) is 48.0 Å². The summed E-state index contributed by atoms with van der Waals surface area (Å²) in [5.74, 6) is 0.543. The summed E-state index contributed by atoms with van der Waals surface area (Å²) >= 11 is 1.45. The summed E-state index contributed by atoms with van der Waals surface area (Å²) in [6.45, 7) is 8.25. The van der Waals surface area contributed by atoms with Gasteiger partial charge in [0.15, 0.2) is 5.13 Å². The van der Waals surface area contributed by atoms with Crippen LogP contribution in [0.4, 0.5) is 5.13 Å². The number of carbonyl (C=O) groups is 1. The number of amides is 1. The smallest absolute Gasteiger partial charge is 0.260 e. The van der Waals surface area contributed by atoms with E-state index >= 15 is 0 Å². The van der Waals surface area contributed by atoms with Crippen LogP contribution in [-0.4, -0.2) is 74.9 Å². The molecule has 1 fully saturated rings. The number of aromatic nitrogens is 1. The normalized spacial score (nSPS) is 14.7. The minimum Gasteiger partial charge on any atom is -0.497 e. The van der Waals surface area contributed by atoms with Gasteiger partial charge in [-0.2, -0.15) is 4.31 Å². The molecule has 0 spiro atoms. The highest BCUT2D eigenvalue weighted by Crippen LogP contribution is 2.32. The van der Waals surface area contributed by atoms with Crippen LogP contribution in [0.25, 0.3) is 10.2 Å². The number of halogens is 1. The average molecular weight is 581 g/mol. The highest BCUT2D eigenvalue weighted by Gasteiger charge is 2.27. The van der Waals surface area contributed by atoms with E-state index in [0.29, 0.717) is 36.9 Å². The fraction of sp³-hybridized carbons (Fsp3) is 0.481. The maximum atomic E-state index is 13.7. The molecular weight excluding hydrogens is 544 g/mol. The summed E-state index contributed by atoms with van der Waals surface area (Å²) < 4.78 is 34.2. The van der Waals surface area contributed by atoms with E-state index in [1.165, 1.54) is 11.3 Å². The Labute approximate surface area is 236 Å². The standard InChI is InChI=1S/C27H36N4O4S2.ClH/c1-4-29(5-2)18-19-31(27-28-24-15-12-22(35-3)20-25(24)36-27)26(32)21-10-13-23(14-11-21)37(33,34)30-16-8-6-7-9-17-30;/h10-15,20H,4-9,16-19H2,1-3H3;1H. The highest BCUT2D eigenvalue weighted by molar-refractivity contribution is 7.89. The van der Waals surface area contributed by atoms with Crippen LogP contribution < -0.4 is 9.64 Å². The molecule has 4 rings (SSSR count). The molecule has 1 aliphatic heterocycles. The van der Waals surface area contributed by atoms with E-state index < -0.39 is 10.0 Å². The van der Waals surface area contributed by atoms with Crippen LogP contribution in [0, 0.1) is 0 Å². The van der Waals surface area contributed by atoms with E-state index in [-0.39, 0.29) is 23.2 Å². The van der Waals surface area contributed by atoms with Gasteiger partial charge >= 0.3 is 0 Å². The molecule has 1 saturated heterocycles. The van der Waals surface area contributed by atoms with Gasteiger partial charge in [0.1, 0.15) is 5.75 Å². The lowest BCUT2D eigenvalue weighted by Gasteiger charge is -2.25. The lowest BCUT2D eigenvalue weighted by Crippen LogP contribution is -2.39. The Kier molecular flexibility index (Phi) is 10.9. The summed E-state index contributed by atoms with van der Waals surface area (Å²) in [5, 5.41) is 0.613. The van der Waals surface area contributed by atoms with Crippen LogP contribution in [0.3, 0.4) is 0 Å². The van der Waals surface area contributed by atoms with Gasteiger partial charge < -0.3 is 9.64 Å². The highest BCUT2D eigenvalue weighted by atomic mass is 35.5. The van der Waals surface area contributed by atoms with Crippen molar-refractivity contribution in [3.8, 4) is 5.75 Å². The number of fused-ring (bicyclic) bond motifs is 1. The van der Waals surface area contributed by atoms with Crippen molar-refractivity contribution in [2.75, 3.05) is 51.3 Å². The topological polar surface area (TPSA) is 83.1 Å². The molecule has 0 bridgehead atoms. The number of likely N-dealkylation sites (N-methyl/N-ethyl adjacent to an activating group) is 1. The molecule has 3 aromatic rings. The third-order valence-corrected chi connectivity index (χ3v) is 9.85. The maximum absolute atomic E-state index is 13.7. The number of sulfonamides is 1. The van der Waals surface area contributed by atoms with Gasteiger partial charge in [-0.15, -0.1) is 12.4 Å². The summed E-state index contributed by atoms with van der Waals surface area (Å²) in [7, 11) is -1.95. The van der Waals surface area contributed by atoms with Crippen LogP contribution in [0.15, 0.2) is 47.4 Å². The van der Waals surface area contributed by atoms with Gasteiger partial charge in [0.25, 0.3) is 5.91 Å². The van der Waals surface area contributed by atoms with E-state index in [2.05, 4.69) is 18.7 Å². The fourth-order valence-electron chi connectivity index (χ4n) is 4.56. The summed E-state index contributed by atoms with van der Waals surface area (Å²) in [4.78, 5) is 22.7. The number of rotatable bonds is 10. The van der Waals surface area contributed by atoms with Gasteiger partial charge in [-0.25, -0.2) is 13.4 Å². The van der Waals surface area contributed by atoms with Crippen molar-refractivity contribution >= 4 is 55.0 Å². The third kappa shape index (κ3) is 6.84. The molecule has 1 aliphatic rings. The number of benzene rings is 2. The quantitative estimate of drug-likeness (QED) is 0.324. The summed E-state index contributed by atoms with van der Waals surface area (Å²) in [6.07, 6.45) is 3.87. The Bertz CT molecular complexity index is 1300. The molecule has 8 nitrogen and oxygen atoms in total. The first kappa shape index (κ1) is 30.3. The van der Waals surface area contributed by atoms with E-state index in [1.807, 2.05) is 18.2 Å². The van der Waals surface area contributed by atoms with Gasteiger partial charge in [-0.05, 0) is 68.4 Å². The Balaban J connectivity index is 0.00000400. The second-order valence-corrected chi connectivity index (χ2v) is 12.1. The van der Waals surface area contributed by atoms with E-state index in [9.17, 15) is 13.2 Å². The first-order chi connectivity index (χ1) is 17.9. The molecule has 0 atom stereocenters. The lowest BCUT2D eigenvalue weighted by molar-refractivity contribution is 0.0983. The molecule has 0 unspecified atom stereocenters. The van der Waals surface area contributed by atoms with Crippen LogP contribution in [-0.2, 0) is 10.0 Å². The van der Waals surface area contributed by atoms with Gasteiger partial charge in [-0.1, -0.05) is 38.0 Å². The molecule has 1 amide bonds. The fourth-order valence-corrected chi connectivity index (χ4v) is 7.09. The van der Waals surface area contributed by atoms with Gasteiger partial charge in [-0.3, -0.25) is 9.69 Å². The van der Waals surface area contributed by atoms with Crippen molar-refractivity contribution in [1.82, 2.24) is 14.2 Å². The first-order valence-electron chi connectivity index (χ1n) is 13.0. The molecule has 1 aromatic heterocycles. The number of nitrogens with zero attached hydrogens (tertiary/aromatic N) is 4. The van der Waals surface area contributed by atoms with Crippen molar-refractivity contribution in [2.24, 2.45) is 0 Å². The van der Waals surface area contributed by atoms with Crippen molar-refractivity contribution < 1.29 is 17.9 Å². The zero-order chi connectivity index (χ0) is 26.4. The average Bonchev–Trinajstić information content (AvgIpc) is 3.13. The number of anilines is 1. The molecule has 11 heteroatoms. The SMILES string of the molecule is CCN(CC)CCN(C(=O)c1ccc(S(=O)(=O)N2CCCCCC2)cc1)c1nc2ccc(OC)cc2s1.Cl. The predicted molar refractivity (Wildman–Crippen MR) is 157 cm³/mol. The molecule has 2 heterocycles. The van der Waals surface area contributed by atoms with Gasteiger partial charge in [0, 0.05) is 31.7 Å². The molecule has 38 heavy (non-hydrogen) atoms. The lowest BCUT2D eigenvalue weighted by atomic mass is 10.2. The Morgan fingerprint density at radius 3 is 2.26 bits per heavy atom. The van der Waals surface area contributed by atoms with E-state index in [1.54, 1.807) is 40.6 Å². The second-order valence-electron chi connectivity index (χ2n) is 9.16. The summed E-state index contributed by atoms with van der Waals surface area (Å²) in [5.41, 5.74) is 1.24. The Morgan fingerprint density at radius 2 is 1.66 bits per heavy atom. The zero-order valence-electron chi connectivity index (χ0n) is 22.3. The first-order valence-corrected chi connectivity index (χ1v) is 15.2. The van der Waals surface area contributed by atoms with Crippen molar-refractivity contribution in [3.63, 3.8) is 0 Å². The molecular formula is C27H37ClN4O4S2. The van der Waals surface area contributed by atoms with Crippen LogP contribution in [0.1, 0.15) is 49.9 Å². The number of carbonyl (C=O) groups excluding carboxylic acids is 1. The van der Waals surface area contributed by atoms with Crippen molar-refractivity contribution in [1.29, 1.82) is 0 Å². The molecule has 208 valence electrons. The zero-order valence-corrected chi connectivity index (χ0v) is 24.7. The van der Waals surface area contributed by atoms with E-state index in [4.69, 9.17) is 9.72 Å². The monoisotopic (exact) mass is 580 g/mol. The van der Waals surface area contributed by atoms with Crippen LogP contribution >= 0.6 is 23.7 Å². The molecule has 0 N–H and O–H groups in total. The van der Waals surface area contributed by atoms with Gasteiger partial charge in [0.2, 0.25) is 10.0 Å². The predicted octanol–water partition coefficient (Wildman–Crippen LogP) is 5.28. The minimum atomic E-state index is -3.57. The van der Waals surface area contributed by atoms with E-state index in [0.717, 1.165) is 54.7 Å². The molecule has 0 aliphatic carbocycles. The van der Waals surface area contributed by atoms with Crippen molar-refractivity contribution in [2.45, 2.75) is 44.4 Å². The minimum absolute atomic E-state index is 0. The number of methoxy groups -OCH3 is 1. The maximum Gasteiger partial charge on any atom is 0.260 e. The summed E-state index contributed by atoms with van der Waals surface area (Å²) in [6, 6.07) is 12.0. The molecule has 0 radical (unpaired) electrons. The molecule has 0 saturated carbocycles. The van der Waals surface area contributed by atoms with Crippen LogP contribution in [0.5, 0.6) is 5.75 Å². The largest absolute Gasteiger partial charge is 0.497 e. The number of hydrogen-bond donors (Lipinski definition) is 0. The Morgan fingerprint density at radius 1 is 1.00 bits per heavy atom. The number of hydrogen-bond acceptors (Lipinski definition) is 7. The van der Waals surface area contributed by atoms with Crippen LogP contribution in [0.2, 0.25) is 0 Å². The number of thiazole rings is 1.